The molecule has 0 aliphatic carbocycles. The van der Waals surface area contributed by atoms with E-state index in [-0.39, 0.29) is 0 Å². The SMILES string of the molecule is c1cc(-c2ccncc2)nc(-n2c3ccccc3c3cc4c5ccccc5n5c6ccccc6cc5c4cc32)c1. The molecule has 40 heavy (non-hydrogen) atoms. The molecule has 0 amide bonds. The van der Waals surface area contributed by atoms with Gasteiger partial charge >= 0.3 is 0 Å². The van der Waals surface area contributed by atoms with Crippen molar-refractivity contribution >= 4 is 59.9 Å². The van der Waals surface area contributed by atoms with Crippen molar-refractivity contribution in [3.05, 3.63) is 134 Å². The Hall–Kier alpha value is -5.48. The van der Waals surface area contributed by atoms with Crippen LogP contribution in [-0.2, 0) is 0 Å². The molecule has 9 aromatic rings. The van der Waals surface area contributed by atoms with Crippen LogP contribution in [0.1, 0.15) is 0 Å². The Morgan fingerprint density at radius 2 is 1.15 bits per heavy atom. The zero-order valence-electron chi connectivity index (χ0n) is 21.5. The van der Waals surface area contributed by atoms with Crippen LogP contribution in [0.3, 0.4) is 0 Å². The molecule has 0 saturated carbocycles. The first-order valence-electron chi connectivity index (χ1n) is 13.5. The normalized spacial score (nSPS) is 12.0. The second kappa shape index (κ2) is 8.01. The van der Waals surface area contributed by atoms with Crippen molar-refractivity contribution in [3.63, 3.8) is 0 Å². The first-order chi connectivity index (χ1) is 19.8. The average molecular weight is 511 g/mol. The maximum Gasteiger partial charge on any atom is 0.138 e. The van der Waals surface area contributed by atoms with Crippen molar-refractivity contribution in [2.45, 2.75) is 0 Å². The molecule has 4 heteroatoms. The number of para-hydroxylation sites is 3. The predicted octanol–water partition coefficient (Wildman–Crippen LogP) is 8.95. The molecular weight excluding hydrogens is 488 g/mol. The molecule has 0 fully saturated rings. The highest BCUT2D eigenvalue weighted by Gasteiger charge is 2.18. The van der Waals surface area contributed by atoms with E-state index in [0.717, 1.165) is 28.1 Å². The van der Waals surface area contributed by atoms with Gasteiger partial charge in [0.2, 0.25) is 0 Å². The number of nitrogens with zero attached hydrogens (tertiary/aromatic N) is 4. The minimum Gasteiger partial charge on any atom is -0.309 e. The van der Waals surface area contributed by atoms with Gasteiger partial charge in [-0.05, 0) is 66.0 Å². The van der Waals surface area contributed by atoms with Gasteiger partial charge in [0.15, 0.2) is 0 Å². The molecule has 186 valence electrons. The smallest absolute Gasteiger partial charge is 0.138 e. The molecule has 0 saturated heterocycles. The van der Waals surface area contributed by atoms with Crippen LogP contribution in [0.2, 0.25) is 0 Å². The van der Waals surface area contributed by atoms with Crippen LogP contribution in [0.5, 0.6) is 0 Å². The van der Waals surface area contributed by atoms with Gasteiger partial charge < -0.3 is 4.40 Å². The number of fused-ring (bicyclic) bond motifs is 11. The average Bonchev–Trinajstić information content (AvgIpc) is 3.57. The van der Waals surface area contributed by atoms with Crippen molar-refractivity contribution in [3.8, 4) is 17.1 Å². The third kappa shape index (κ3) is 2.90. The van der Waals surface area contributed by atoms with E-state index in [1.54, 1.807) is 0 Å². The number of hydrogen-bond donors (Lipinski definition) is 0. The molecule has 0 aliphatic heterocycles. The largest absolute Gasteiger partial charge is 0.309 e. The molecule has 5 heterocycles. The van der Waals surface area contributed by atoms with Crippen LogP contribution in [0.4, 0.5) is 0 Å². The van der Waals surface area contributed by atoms with Crippen LogP contribution < -0.4 is 0 Å². The maximum absolute atomic E-state index is 5.14. The summed E-state index contributed by atoms with van der Waals surface area (Å²) in [5.74, 6) is 0.900. The molecule has 0 radical (unpaired) electrons. The summed E-state index contributed by atoms with van der Waals surface area (Å²) in [6.07, 6.45) is 3.63. The van der Waals surface area contributed by atoms with E-state index in [1.807, 2.05) is 24.5 Å². The lowest BCUT2D eigenvalue weighted by Crippen LogP contribution is -1.99. The molecule has 5 aromatic heterocycles. The highest BCUT2D eigenvalue weighted by molar-refractivity contribution is 6.22. The summed E-state index contributed by atoms with van der Waals surface area (Å²) in [6, 6.07) is 43.4. The van der Waals surface area contributed by atoms with E-state index < -0.39 is 0 Å². The first-order valence-corrected chi connectivity index (χ1v) is 13.5. The van der Waals surface area contributed by atoms with Crippen LogP contribution in [0.15, 0.2) is 134 Å². The summed E-state index contributed by atoms with van der Waals surface area (Å²) in [4.78, 5) is 9.32. The molecule has 9 rings (SSSR count). The van der Waals surface area contributed by atoms with E-state index in [9.17, 15) is 0 Å². The second-order valence-electron chi connectivity index (χ2n) is 10.3. The van der Waals surface area contributed by atoms with Gasteiger partial charge in [0.25, 0.3) is 0 Å². The lowest BCUT2D eigenvalue weighted by atomic mass is 10.0. The molecule has 0 N–H and O–H groups in total. The lowest BCUT2D eigenvalue weighted by molar-refractivity contribution is 1.08. The Balaban J connectivity index is 1.46. The Kier molecular flexibility index (Phi) is 4.30. The van der Waals surface area contributed by atoms with Gasteiger partial charge in [0.1, 0.15) is 5.82 Å². The molecule has 0 unspecified atom stereocenters. The summed E-state index contributed by atoms with van der Waals surface area (Å²) < 4.78 is 4.72. The van der Waals surface area contributed by atoms with Crippen LogP contribution in [0.25, 0.3) is 77.0 Å². The number of benzene rings is 4. The van der Waals surface area contributed by atoms with E-state index in [4.69, 9.17) is 4.98 Å². The highest BCUT2D eigenvalue weighted by atomic mass is 15.1. The second-order valence-corrected chi connectivity index (χ2v) is 10.3. The quantitative estimate of drug-likeness (QED) is 0.218. The van der Waals surface area contributed by atoms with Crippen molar-refractivity contribution in [2.24, 2.45) is 0 Å². The van der Waals surface area contributed by atoms with Crippen molar-refractivity contribution in [1.29, 1.82) is 0 Å². The Morgan fingerprint density at radius 1 is 0.450 bits per heavy atom. The van der Waals surface area contributed by atoms with Gasteiger partial charge in [-0.15, -0.1) is 0 Å². The van der Waals surface area contributed by atoms with Crippen molar-refractivity contribution < 1.29 is 0 Å². The van der Waals surface area contributed by atoms with E-state index >= 15 is 0 Å². The molecule has 0 atom stereocenters. The minimum atomic E-state index is 0.900. The summed E-state index contributed by atoms with van der Waals surface area (Å²) in [5.41, 5.74) is 7.94. The van der Waals surface area contributed by atoms with Gasteiger partial charge in [-0.25, -0.2) is 4.98 Å². The third-order valence-corrected chi connectivity index (χ3v) is 8.17. The van der Waals surface area contributed by atoms with E-state index in [2.05, 4.69) is 123 Å². The number of pyridine rings is 3. The van der Waals surface area contributed by atoms with E-state index in [0.29, 0.717) is 0 Å². The van der Waals surface area contributed by atoms with Gasteiger partial charge in [-0.2, -0.15) is 0 Å². The zero-order chi connectivity index (χ0) is 26.2. The molecule has 4 nitrogen and oxygen atoms in total. The minimum absolute atomic E-state index is 0.900. The molecule has 0 aliphatic rings. The van der Waals surface area contributed by atoms with Gasteiger partial charge in [0.05, 0.1) is 33.3 Å². The maximum atomic E-state index is 5.14. The monoisotopic (exact) mass is 510 g/mol. The van der Waals surface area contributed by atoms with Gasteiger partial charge in [-0.1, -0.05) is 60.7 Å². The van der Waals surface area contributed by atoms with Crippen molar-refractivity contribution in [1.82, 2.24) is 18.9 Å². The zero-order valence-corrected chi connectivity index (χ0v) is 21.5. The number of rotatable bonds is 2. The van der Waals surface area contributed by atoms with Crippen LogP contribution in [-0.4, -0.2) is 18.9 Å². The summed E-state index contributed by atoms with van der Waals surface area (Å²) in [7, 11) is 0. The topological polar surface area (TPSA) is 35.1 Å². The molecule has 0 spiro atoms. The molecular formula is C36H22N4. The fraction of sp³-hybridized carbons (Fsp3) is 0. The third-order valence-electron chi connectivity index (χ3n) is 8.17. The standard InChI is InChI=1S/C36H22N4/c1-4-12-31-24(8-1)20-34-29-22-35-28(21-27(29)25-9-2-5-13-32(25)39(31)34)26-10-3-6-14-33(26)40(35)36-15-7-11-30(38-36)23-16-18-37-19-17-23/h1-22H. The van der Waals surface area contributed by atoms with Gasteiger partial charge in [-0.3, -0.25) is 9.55 Å². The summed E-state index contributed by atoms with van der Waals surface area (Å²) in [6.45, 7) is 0. The predicted molar refractivity (Wildman–Crippen MR) is 165 cm³/mol. The molecule has 4 aromatic carbocycles. The Bertz CT molecular complexity index is 2430. The Labute approximate surface area is 229 Å². The first kappa shape index (κ1) is 21.5. The fourth-order valence-electron chi connectivity index (χ4n) is 6.44. The highest BCUT2D eigenvalue weighted by Crippen LogP contribution is 2.40. The summed E-state index contributed by atoms with van der Waals surface area (Å²) in [5, 5.41) is 7.44. The number of hydrogen-bond acceptors (Lipinski definition) is 2. The van der Waals surface area contributed by atoms with E-state index in [1.165, 1.54) is 48.9 Å². The number of aromatic nitrogens is 4. The van der Waals surface area contributed by atoms with Crippen molar-refractivity contribution in [2.75, 3.05) is 0 Å². The van der Waals surface area contributed by atoms with Crippen LogP contribution in [0, 0.1) is 0 Å². The Morgan fingerprint density at radius 3 is 2.00 bits per heavy atom. The summed E-state index contributed by atoms with van der Waals surface area (Å²) >= 11 is 0. The molecule has 0 bridgehead atoms. The van der Waals surface area contributed by atoms with Gasteiger partial charge in [0, 0.05) is 44.9 Å². The fourth-order valence-corrected chi connectivity index (χ4v) is 6.44. The lowest BCUT2D eigenvalue weighted by Gasteiger charge is -2.12. The van der Waals surface area contributed by atoms with Crippen LogP contribution >= 0.6 is 0 Å².